The third-order valence-corrected chi connectivity index (χ3v) is 3.65. The van der Waals surface area contributed by atoms with Crippen molar-refractivity contribution in [3.8, 4) is 0 Å². The van der Waals surface area contributed by atoms with Crippen LogP contribution in [0.4, 0.5) is 0 Å². The Morgan fingerprint density at radius 1 is 1.40 bits per heavy atom. The van der Waals surface area contributed by atoms with Gasteiger partial charge < -0.3 is 9.30 Å². The van der Waals surface area contributed by atoms with Crippen LogP contribution in [0.1, 0.15) is 30.7 Å². The van der Waals surface area contributed by atoms with E-state index in [4.69, 9.17) is 4.74 Å². The van der Waals surface area contributed by atoms with Crippen molar-refractivity contribution < 1.29 is 9.53 Å². The molecule has 1 aromatic heterocycles. The van der Waals surface area contributed by atoms with Crippen molar-refractivity contribution in [2.75, 3.05) is 6.61 Å². The maximum atomic E-state index is 11.7. The van der Waals surface area contributed by atoms with Crippen LogP contribution in [-0.4, -0.2) is 22.1 Å². The molecule has 0 radical (unpaired) electrons. The highest BCUT2D eigenvalue weighted by Gasteiger charge is 2.47. The van der Waals surface area contributed by atoms with Gasteiger partial charge in [0.1, 0.15) is 5.82 Å². The van der Waals surface area contributed by atoms with Crippen molar-refractivity contribution >= 4 is 5.97 Å². The number of rotatable bonds is 5. The largest absolute Gasteiger partial charge is 0.466 e. The molecule has 4 heteroatoms. The van der Waals surface area contributed by atoms with Crippen LogP contribution in [-0.2, 0) is 16.1 Å². The van der Waals surface area contributed by atoms with Gasteiger partial charge in [-0.1, -0.05) is 30.3 Å². The van der Waals surface area contributed by atoms with Crippen LogP contribution in [0.2, 0.25) is 0 Å². The minimum atomic E-state index is -0.0910. The molecule has 1 aliphatic rings. The Balaban J connectivity index is 1.71. The predicted molar refractivity (Wildman–Crippen MR) is 75.3 cm³/mol. The van der Waals surface area contributed by atoms with Crippen molar-refractivity contribution in [2.24, 2.45) is 5.92 Å². The zero-order chi connectivity index (χ0) is 13.9. The van der Waals surface area contributed by atoms with Gasteiger partial charge in [-0.05, 0) is 18.9 Å². The second-order valence-electron chi connectivity index (χ2n) is 5.10. The lowest BCUT2D eigenvalue weighted by molar-refractivity contribution is -0.144. The Bertz CT molecular complexity index is 592. The zero-order valence-electron chi connectivity index (χ0n) is 11.5. The highest BCUT2D eigenvalue weighted by molar-refractivity contribution is 5.77. The molecule has 2 atom stereocenters. The Hall–Kier alpha value is -2.10. The van der Waals surface area contributed by atoms with E-state index in [0.717, 1.165) is 18.8 Å². The first-order valence-corrected chi connectivity index (χ1v) is 7.01. The SMILES string of the molecule is CCOC(=O)[C@@H]1C[C@H]1c1nccn1Cc1ccccc1. The maximum Gasteiger partial charge on any atom is 0.309 e. The number of carbonyl (C=O) groups excluding carboxylic acids is 1. The normalized spacial score (nSPS) is 20.6. The molecule has 1 heterocycles. The van der Waals surface area contributed by atoms with E-state index < -0.39 is 0 Å². The van der Waals surface area contributed by atoms with Gasteiger partial charge in [-0.25, -0.2) is 4.98 Å². The molecular formula is C16H18N2O2. The van der Waals surface area contributed by atoms with E-state index in [1.54, 1.807) is 6.20 Å². The van der Waals surface area contributed by atoms with E-state index in [1.165, 1.54) is 5.56 Å². The second kappa shape index (κ2) is 5.49. The summed E-state index contributed by atoms with van der Waals surface area (Å²) >= 11 is 0. The van der Waals surface area contributed by atoms with Crippen LogP contribution < -0.4 is 0 Å². The molecule has 1 fully saturated rings. The molecule has 0 spiro atoms. The van der Waals surface area contributed by atoms with Crippen molar-refractivity contribution in [1.29, 1.82) is 0 Å². The minimum absolute atomic E-state index is 0.00752. The van der Waals surface area contributed by atoms with Gasteiger partial charge in [0.15, 0.2) is 0 Å². The van der Waals surface area contributed by atoms with Crippen molar-refractivity contribution in [2.45, 2.75) is 25.8 Å². The topological polar surface area (TPSA) is 44.1 Å². The average molecular weight is 270 g/mol. The molecule has 1 aromatic carbocycles. The van der Waals surface area contributed by atoms with Gasteiger partial charge in [-0.2, -0.15) is 0 Å². The minimum Gasteiger partial charge on any atom is -0.466 e. The van der Waals surface area contributed by atoms with Crippen LogP contribution in [0.15, 0.2) is 42.7 Å². The predicted octanol–water partition coefficient (Wildman–Crippen LogP) is 2.60. The van der Waals surface area contributed by atoms with Gasteiger partial charge in [0.05, 0.1) is 12.5 Å². The second-order valence-corrected chi connectivity index (χ2v) is 5.10. The van der Waals surface area contributed by atoms with Crippen LogP contribution in [0.5, 0.6) is 0 Å². The van der Waals surface area contributed by atoms with Gasteiger partial charge in [0, 0.05) is 24.9 Å². The number of benzene rings is 1. The Kier molecular flexibility index (Phi) is 3.54. The molecule has 0 saturated heterocycles. The summed E-state index contributed by atoms with van der Waals surface area (Å²) in [4.78, 5) is 16.1. The molecule has 0 amide bonds. The summed E-state index contributed by atoms with van der Waals surface area (Å²) in [5.41, 5.74) is 1.24. The van der Waals surface area contributed by atoms with Gasteiger partial charge >= 0.3 is 5.97 Å². The summed E-state index contributed by atoms with van der Waals surface area (Å²) in [7, 11) is 0. The summed E-state index contributed by atoms with van der Waals surface area (Å²) in [6.07, 6.45) is 4.63. The number of nitrogens with zero attached hydrogens (tertiary/aromatic N) is 2. The van der Waals surface area contributed by atoms with E-state index in [9.17, 15) is 4.79 Å². The lowest BCUT2D eigenvalue weighted by atomic mass is 10.2. The van der Waals surface area contributed by atoms with Crippen molar-refractivity contribution in [3.63, 3.8) is 0 Å². The fourth-order valence-corrected chi connectivity index (χ4v) is 2.55. The summed E-state index contributed by atoms with van der Waals surface area (Å²) < 4.78 is 7.20. The van der Waals surface area contributed by atoms with Crippen LogP contribution in [0.25, 0.3) is 0 Å². The van der Waals surface area contributed by atoms with Crippen LogP contribution in [0.3, 0.4) is 0 Å². The number of imidazole rings is 1. The van der Waals surface area contributed by atoms with Gasteiger partial charge in [-0.3, -0.25) is 4.79 Å². The van der Waals surface area contributed by atoms with E-state index in [1.807, 2.05) is 31.3 Å². The smallest absolute Gasteiger partial charge is 0.309 e. The monoisotopic (exact) mass is 270 g/mol. The van der Waals surface area contributed by atoms with Crippen molar-refractivity contribution in [3.05, 3.63) is 54.1 Å². The number of carbonyl (C=O) groups is 1. The molecule has 20 heavy (non-hydrogen) atoms. The molecule has 0 unspecified atom stereocenters. The number of aromatic nitrogens is 2. The van der Waals surface area contributed by atoms with E-state index in [0.29, 0.717) is 6.61 Å². The first kappa shape index (κ1) is 12.9. The quantitative estimate of drug-likeness (QED) is 0.784. The number of esters is 1. The lowest BCUT2D eigenvalue weighted by Gasteiger charge is -2.07. The summed E-state index contributed by atoms with van der Waals surface area (Å²) in [6, 6.07) is 10.3. The third-order valence-electron chi connectivity index (χ3n) is 3.65. The van der Waals surface area contributed by atoms with Gasteiger partial charge in [0.2, 0.25) is 0 Å². The Morgan fingerprint density at radius 3 is 2.95 bits per heavy atom. The fourth-order valence-electron chi connectivity index (χ4n) is 2.55. The molecule has 0 aliphatic heterocycles. The molecule has 1 aliphatic carbocycles. The van der Waals surface area contributed by atoms with Crippen LogP contribution >= 0.6 is 0 Å². The maximum absolute atomic E-state index is 11.7. The number of ether oxygens (including phenoxy) is 1. The molecule has 2 aromatic rings. The number of hydrogen-bond acceptors (Lipinski definition) is 3. The molecule has 4 nitrogen and oxygen atoms in total. The van der Waals surface area contributed by atoms with Gasteiger partial charge in [0.25, 0.3) is 0 Å². The zero-order valence-corrected chi connectivity index (χ0v) is 11.5. The third kappa shape index (κ3) is 2.59. The molecule has 3 rings (SSSR count). The Labute approximate surface area is 118 Å². The van der Waals surface area contributed by atoms with E-state index >= 15 is 0 Å². The molecule has 104 valence electrons. The number of hydrogen-bond donors (Lipinski definition) is 0. The molecule has 0 bridgehead atoms. The summed E-state index contributed by atoms with van der Waals surface area (Å²) in [5, 5.41) is 0. The molecule has 0 N–H and O–H groups in total. The standard InChI is InChI=1S/C16H18N2O2/c1-2-20-16(19)14-10-13(14)15-17-8-9-18(15)11-12-6-4-3-5-7-12/h3-9,13-14H,2,10-11H2,1H3/t13-,14-/m1/s1. The van der Waals surface area contributed by atoms with Crippen molar-refractivity contribution in [1.82, 2.24) is 9.55 Å². The first-order valence-electron chi connectivity index (χ1n) is 7.01. The molecule has 1 saturated carbocycles. The van der Waals surface area contributed by atoms with E-state index in [-0.39, 0.29) is 17.8 Å². The fraction of sp³-hybridized carbons (Fsp3) is 0.375. The van der Waals surface area contributed by atoms with Crippen LogP contribution in [0, 0.1) is 5.92 Å². The molecular weight excluding hydrogens is 252 g/mol. The lowest BCUT2D eigenvalue weighted by Crippen LogP contribution is -2.09. The average Bonchev–Trinajstić information content (AvgIpc) is 3.13. The first-order chi connectivity index (χ1) is 9.79. The summed E-state index contributed by atoms with van der Waals surface area (Å²) in [6.45, 7) is 3.08. The highest BCUT2D eigenvalue weighted by Crippen LogP contribution is 2.47. The van der Waals surface area contributed by atoms with Gasteiger partial charge in [-0.15, -0.1) is 0 Å². The summed E-state index contributed by atoms with van der Waals surface area (Å²) in [5.74, 6) is 1.11. The van der Waals surface area contributed by atoms with E-state index in [2.05, 4.69) is 21.7 Å². The Morgan fingerprint density at radius 2 is 2.20 bits per heavy atom. The highest BCUT2D eigenvalue weighted by atomic mass is 16.5.